The van der Waals surface area contributed by atoms with Gasteiger partial charge in [0.1, 0.15) is 11.6 Å². The van der Waals surface area contributed by atoms with Crippen LogP contribution in [0.1, 0.15) is 52.3 Å². The molecular formula is C31H34F2N2. The highest BCUT2D eigenvalue weighted by Gasteiger charge is 2.26. The van der Waals surface area contributed by atoms with Gasteiger partial charge in [0.05, 0.1) is 6.04 Å². The van der Waals surface area contributed by atoms with Crippen LogP contribution >= 0.6 is 0 Å². The van der Waals surface area contributed by atoms with Gasteiger partial charge >= 0.3 is 0 Å². The van der Waals surface area contributed by atoms with E-state index < -0.39 is 0 Å². The maximum absolute atomic E-state index is 13.6. The fraction of sp³-hybridized carbons (Fsp3) is 0.355. The van der Waals surface area contributed by atoms with Crippen LogP contribution in [-0.2, 0) is 6.42 Å². The molecule has 1 fully saturated rings. The third kappa shape index (κ3) is 5.39. The number of nitrogens with zero attached hydrogens (tertiary/aromatic N) is 2. The topological polar surface area (TPSA) is 6.48 Å². The third-order valence-electron chi connectivity index (χ3n) is 7.58. The molecule has 2 nitrogen and oxygen atoms in total. The highest BCUT2D eigenvalue weighted by atomic mass is 19.1. The van der Waals surface area contributed by atoms with Crippen LogP contribution in [0.15, 0.2) is 66.7 Å². The molecular weight excluding hydrogens is 438 g/mol. The van der Waals surface area contributed by atoms with Gasteiger partial charge in [-0.1, -0.05) is 48.0 Å². The lowest BCUT2D eigenvalue weighted by molar-refractivity contribution is 0.117. The van der Waals surface area contributed by atoms with Gasteiger partial charge in [-0.15, -0.1) is 0 Å². The molecule has 1 aliphatic carbocycles. The zero-order chi connectivity index (χ0) is 24.4. The average Bonchev–Trinajstić information content (AvgIpc) is 2.86. The molecule has 0 spiro atoms. The Morgan fingerprint density at radius 2 is 1.40 bits per heavy atom. The van der Waals surface area contributed by atoms with Crippen molar-refractivity contribution < 1.29 is 8.78 Å². The van der Waals surface area contributed by atoms with Crippen molar-refractivity contribution in [2.24, 2.45) is 0 Å². The van der Waals surface area contributed by atoms with E-state index in [1.54, 1.807) is 0 Å². The zero-order valence-corrected chi connectivity index (χ0v) is 20.7. The molecule has 0 amide bonds. The molecule has 5 rings (SSSR count). The number of allylic oxidation sites excluding steroid dienone is 1. The van der Waals surface area contributed by atoms with Crippen molar-refractivity contribution in [1.82, 2.24) is 9.80 Å². The van der Waals surface area contributed by atoms with Crippen LogP contribution in [0, 0.1) is 25.5 Å². The Balaban J connectivity index is 1.29. The van der Waals surface area contributed by atoms with Crippen LogP contribution in [0.4, 0.5) is 8.78 Å². The molecule has 4 heteroatoms. The normalized spacial score (nSPS) is 18.3. The SMILES string of the molecule is Cc1cc(C)c2c(c1)C(=CCN1CCN(C(c3ccc(F)cc3)c3ccc(F)cc3)CC1)CCC2. The van der Waals surface area contributed by atoms with E-state index in [2.05, 4.69) is 41.9 Å². The van der Waals surface area contributed by atoms with Gasteiger partial charge in [0, 0.05) is 32.7 Å². The number of hydrogen-bond donors (Lipinski definition) is 0. The molecule has 35 heavy (non-hydrogen) atoms. The number of rotatable bonds is 5. The van der Waals surface area contributed by atoms with E-state index in [4.69, 9.17) is 0 Å². The second kappa shape index (κ2) is 10.4. The lowest BCUT2D eigenvalue weighted by atomic mass is 9.83. The summed E-state index contributed by atoms with van der Waals surface area (Å²) in [7, 11) is 0. The van der Waals surface area contributed by atoms with E-state index in [9.17, 15) is 8.78 Å². The van der Waals surface area contributed by atoms with E-state index in [1.807, 2.05) is 24.3 Å². The standard InChI is InChI=1S/C31H34F2N2/c1-22-20-23(2)29-5-3-4-24(30(29)21-22)14-15-34-16-18-35(19-17-34)31(25-6-10-27(32)11-7-25)26-8-12-28(33)13-9-26/h6-14,20-21,31H,3-5,15-19H2,1-2H3. The monoisotopic (exact) mass is 472 g/mol. The van der Waals surface area contributed by atoms with E-state index in [1.165, 1.54) is 64.9 Å². The van der Waals surface area contributed by atoms with Gasteiger partial charge < -0.3 is 0 Å². The number of benzene rings is 3. The number of halogens is 2. The van der Waals surface area contributed by atoms with Crippen LogP contribution in [0.25, 0.3) is 5.57 Å². The minimum absolute atomic E-state index is 0.00660. The fourth-order valence-corrected chi connectivity index (χ4v) is 5.77. The summed E-state index contributed by atoms with van der Waals surface area (Å²) in [4.78, 5) is 4.96. The van der Waals surface area contributed by atoms with Gasteiger partial charge in [-0.25, -0.2) is 8.78 Å². The molecule has 0 saturated carbocycles. The Morgan fingerprint density at radius 1 is 0.800 bits per heavy atom. The van der Waals surface area contributed by atoms with Gasteiger partial charge in [-0.05, 0) is 90.8 Å². The van der Waals surface area contributed by atoms with Gasteiger partial charge in [-0.3, -0.25) is 9.80 Å². The van der Waals surface area contributed by atoms with Crippen molar-refractivity contribution in [3.05, 3.63) is 112 Å². The Kier molecular flexibility index (Phi) is 7.12. The number of piperazine rings is 1. The minimum Gasteiger partial charge on any atom is -0.297 e. The molecule has 1 saturated heterocycles. The Morgan fingerprint density at radius 3 is 2.00 bits per heavy atom. The molecule has 0 radical (unpaired) electrons. The summed E-state index contributed by atoms with van der Waals surface area (Å²) in [6.45, 7) is 9.18. The smallest absolute Gasteiger partial charge is 0.123 e. The first-order chi connectivity index (χ1) is 17.0. The number of hydrogen-bond acceptors (Lipinski definition) is 2. The first-order valence-corrected chi connectivity index (χ1v) is 12.7. The van der Waals surface area contributed by atoms with Crippen molar-refractivity contribution in [3.63, 3.8) is 0 Å². The molecule has 1 heterocycles. The summed E-state index contributed by atoms with van der Waals surface area (Å²) in [6.07, 6.45) is 6.02. The number of aryl methyl sites for hydroxylation is 2. The van der Waals surface area contributed by atoms with Crippen molar-refractivity contribution in [3.8, 4) is 0 Å². The van der Waals surface area contributed by atoms with Gasteiger partial charge in [-0.2, -0.15) is 0 Å². The van der Waals surface area contributed by atoms with Gasteiger partial charge in [0.15, 0.2) is 0 Å². The predicted molar refractivity (Wildman–Crippen MR) is 139 cm³/mol. The van der Waals surface area contributed by atoms with E-state index in [-0.39, 0.29) is 17.7 Å². The molecule has 0 bridgehead atoms. The Bertz CT molecular complexity index is 1140. The summed E-state index contributed by atoms with van der Waals surface area (Å²) in [5.74, 6) is -0.474. The van der Waals surface area contributed by atoms with Crippen LogP contribution in [0.5, 0.6) is 0 Å². The van der Waals surface area contributed by atoms with E-state index >= 15 is 0 Å². The van der Waals surface area contributed by atoms with Crippen LogP contribution in [-0.4, -0.2) is 42.5 Å². The van der Waals surface area contributed by atoms with Crippen molar-refractivity contribution in [2.75, 3.05) is 32.7 Å². The minimum atomic E-state index is -0.237. The molecule has 2 aliphatic rings. The summed E-state index contributed by atoms with van der Waals surface area (Å²) in [5, 5.41) is 0. The molecule has 182 valence electrons. The molecule has 0 atom stereocenters. The van der Waals surface area contributed by atoms with Crippen molar-refractivity contribution >= 4 is 5.57 Å². The number of fused-ring (bicyclic) bond motifs is 1. The van der Waals surface area contributed by atoms with Crippen LogP contribution in [0.2, 0.25) is 0 Å². The Labute approximate surface area is 207 Å². The summed E-state index contributed by atoms with van der Waals surface area (Å²) in [6, 6.07) is 18.1. The first kappa shape index (κ1) is 23.9. The van der Waals surface area contributed by atoms with Crippen molar-refractivity contribution in [2.45, 2.75) is 39.2 Å². The summed E-state index contributed by atoms with van der Waals surface area (Å²) < 4.78 is 27.2. The van der Waals surface area contributed by atoms with Crippen molar-refractivity contribution in [1.29, 1.82) is 0 Å². The lowest BCUT2D eigenvalue weighted by Crippen LogP contribution is -2.47. The maximum atomic E-state index is 13.6. The first-order valence-electron chi connectivity index (χ1n) is 12.7. The second-order valence-corrected chi connectivity index (χ2v) is 10.0. The molecule has 1 aliphatic heterocycles. The predicted octanol–water partition coefficient (Wildman–Crippen LogP) is 6.71. The fourth-order valence-electron chi connectivity index (χ4n) is 5.77. The molecule has 3 aromatic rings. The van der Waals surface area contributed by atoms with Crippen LogP contribution in [0.3, 0.4) is 0 Å². The van der Waals surface area contributed by atoms with E-state index in [0.29, 0.717) is 0 Å². The average molecular weight is 473 g/mol. The largest absolute Gasteiger partial charge is 0.297 e. The maximum Gasteiger partial charge on any atom is 0.123 e. The van der Waals surface area contributed by atoms with E-state index in [0.717, 1.165) is 50.3 Å². The molecule has 3 aromatic carbocycles. The zero-order valence-electron chi connectivity index (χ0n) is 20.7. The Hall–Kier alpha value is -2.82. The highest BCUT2D eigenvalue weighted by molar-refractivity contribution is 5.71. The second-order valence-electron chi connectivity index (χ2n) is 10.0. The van der Waals surface area contributed by atoms with Crippen LogP contribution < -0.4 is 0 Å². The highest BCUT2D eigenvalue weighted by Crippen LogP contribution is 2.34. The molecule has 0 N–H and O–H groups in total. The van der Waals surface area contributed by atoms with Gasteiger partial charge in [0.25, 0.3) is 0 Å². The quantitative estimate of drug-likeness (QED) is 0.407. The summed E-state index contributed by atoms with van der Waals surface area (Å²) >= 11 is 0. The lowest BCUT2D eigenvalue weighted by Gasteiger charge is -2.39. The summed E-state index contributed by atoms with van der Waals surface area (Å²) in [5.41, 5.74) is 9.33. The van der Waals surface area contributed by atoms with Gasteiger partial charge in [0.2, 0.25) is 0 Å². The third-order valence-corrected chi connectivity index (χ3v) is 7.58. The molecule has 0 aromatic heterocycles. The molecule has 0 unspecified atom stereocenters.